The average molecular weight is 254 g/mol. The molecule has 2 heterocycles. The lowest BCUT2D eigenvalue weighted by molar-refractivity contribution is 0.584. The highest BCUT2D eigenvalue weighted by Crippen LogP contribution is 2.21. The van der Waals surface area contributed by atoms with E-state index in [1.165, 1.54) is 6.42 Å². The number of aryl methyl sites for hydroxylation is 1. The Morgan fingerprint density at radius 2 is 2.36 bits per heavy atom. The van der Waals surface area contributed by atoms with Crippen molar-refractivity contribution in [1.29, 1.82) is 0 Å². The minimum absolute atomic E-state index is 0.948. The van der Waals surface area contributed by atoms with Crippen molar-refractivity contribution in [1.82, 2.24) is 14.8 Å². The van der Waals surface area contributed by atoms with Gasteiger partial charge in [-0.3, -0.25) is 0 Å². The first kappa shape index (κ1) is 9.65. The number of fused-ring (bicyclic) bond motifs is 1. The van der Waals surface area contributed by atoms with Crippen molar-refractivity contribution in [3.05, 3.63) is 22.9 Å². The van der Waals surface area contributed by atoms with Gasteiger partial charge in [-0.15, -0.1) is 0 Å². The molecule has 74 valence electrons. The maximum Gasteiger partial charge on any atom is 0.158 e. The number of halogens is 1. The van der Waals surface area contributed by atoms with Crippen LogP contribution in [0.3, 0.4) is 0 Å². The molecule has 2 aromatic heterocycles. The molecule has 0 bridgehead atoms. The van der Waals surface area contributed by atoms with Crippen molar-refractivity contribution < 1.29 is 0 Å². The molecular formula is C10H12BrN3. The minimum Gasteiger partial charge on any atom is -0.247 e. The van der Waals surface area contributed by atoms with Crippen LogP contribution in [0.5, 0.6) is 0 Å². The summed E-state index contributed by atoms with van der Waals surface area (Å²) in [6.07, 6.45) is 5.99. The maximum absolute atomic E-state index is 4.33. The molecule has 0 radical (unpaired) electrons. The van der Waals surface area contributed by atoms with Gasteiger partial charge >= 0.3 is 0 Å². The number of hydrogen-bond donors (Lipinski definition) is 0. The van der Waals surface area contributed by atoms with E-state index in [0.717, 1.165) is 28.5 Å². The number of hydrogen-bond acceptors (Lipinski definition) is 2. The number of nitrogens with zero attached hydrogens (tertiary/aromatic N) is 3. The van der Waals surface area contributed by atoms with Crippen LogP contribution >= 0.6 is 15.9 Å². The number of unbranched alkanes of at least 4 members (excludes halogenated alkanes) is 1. The predicted molar refractivity (Wildman–Crippen MR) is 60.1 cm³/mol. The summed E-state index contributed by atoms with van der Waals surface area (Å²) in [6, 6.07) is 1.94. The average Bonchev–Trinajstić information content (AvgIpc) is 2.60. The van der Waals surface area contributed by atoms with Gasteiger partial charge in [-0.25, -0.2) is 9.67 Å². The molecule has 0 saturated heterocycles. The van der Waals surface area contributed by atoms with E-state index in [4.69, 9.17) is 0 Å². The monoisotopic (exact) mass is 253 g/mol. The van der Waals surface area contributed by atoms with E-state index in [0.29, 0.717) is 0 Å². The van der Waals surface area contributed by atoms with Crippen LogP contribution in [-0.4, -0.2) is 14.8 Å². The Bertz CT molecular complexity index is 436. The molecule has 0 saturated carbocycles. The molecule has 0 N–H and O–H groups in total. The first-order chi connectivity index (χ1) is 6.83. The van der Waals surface area contributed by atoms with Crippen molar-refractivity contribution in [2.24, 2.45) is 0 Å². The second-order valence-electron chi connectivity index (χ2n) is 3.25. The fourth-order valence-corrected chi connectivity index (χ4v) is 1.82. The Morgan fingerprint density at radius 1 is 1.50 bits per heavy atom. The summed E-state index contributed by atoms with van der Waals surface area (Å²) in [6.45, 7) is 3.12. The zero-order valence-corrected chi connectivity index (χ0v) is 9.66. The Labute approximate surface area is 91.3 Å². The van der Waals surface area contributed by atoms with Crippen LogP contribution < -0.4 is 0 Å². The summed E-state index contributed by atoms with van der Waals surface area (Å²) in [7, 11) is 0. The summed E-state index contributed by atoms with van der Waals surface area (Å²) in [5.41, 5.74) is 0.966. The van der Waals surface area contributed by atoms with Crippen LogP contribution in [0.25, 0.3) is 11.0 Å². The van der Waals surface area contributed by atoms with Gasteiger partial charge in [0.25, 0.3) is 0 Å². The quantitative estimate of drug-likeness (QED) is 0.842. The molecule has 0 aliphatic rings. The first-order valence-electron chi connectivity index (χ1n) is 4.79. The lowest BCUT2D eigenvalue weighted by Crippen LogP contribution is -2.00. The summed E-state index contributed by atoms with van der Waals surface area (Å²) < 4.78 is 3.02. The molecule has 0 unspecified atom stereocenters. The number of aromatic nitrogens is 3. The second-order valence-corrected chi connectivity index (χ2v) is 4.11. The van der Waals surface area contributed by atoms with Gasteiger partial charge in [0.15, 0.2) is 5.65 Å². The second kappa shape index (κ2) is 4.09. The zero-order valence-electron chi connectivity index (χ0n) is 8.07. The molecule has 3 nitrogen and oxygen atoms in total. The van der Waals surface area contributed by atoms with Gasteiger partial charge in [0.1, 0.15) is 0 Å². The van der Waals surface area contributed by atoms with Crippen LogP contribution in [0.4, 0.5) is 0 Å². The van der Waals surface area contributed by atoms with Crippen molar-refractivity contribution >= 4 is 27.0 Å². The molecule has 0 spiro atoms. The number of pyridine rings is 1. The van der Waals surface area contributed by atoms with Gasteiger partial charge in [-0.1, -0.05) is 13.3 Å². The van der Waals surface area contributed by atoms with E-state index < -0.39 is 0 Å². The van der Waals surface area contributed by atoms with Crippen LogP contribution in [0.2, 0.25) is 0 Å². The Morgan fingerprint density at radius 3 is 3.14 bits per heavy atom. The molecule has 0 atom stereocenters. The Kier molecular flexibility index (Phi) is 2.82. The van der Waals surface area contributed by atoms with Crippen molar-refractivity contribution in [2.75, 3.05) is 0 Å². The van der Waals surface area contributed by atoms with Crippen molar-refractivity contribution in [2.45, 2.75) is 26.3 Å². The van der Waals surface area contributed by atoms with Crippen LogP contribution in [0, 0.1) is 0 Å². The molecule has 14 heavy (non-hydrogen) atoms. The van der Waals surface area contributed by atoms with Gasteiger partial charge < -0.3 is 0 Å². The zero-order chi connectivity index (χ0) is 9.97. The highest BCUT2D eigenvalue weighted by atomic mass is 79.9. The third-order valence-electron chi connectivity index (χ3n) is 2.21. The lowest BCUT2D eigenvalue weighted by atomic mass is 10.3. The summed E-state index contributed by atoms with van der Waals surface area (Å²) in [5, 5.41) is 5.40. The van der Waals surface area contributed by atoms with Gasteiger partial charge in [-0.05, 0) is 28.4 Å². The van der Waals surface area contributed by atoms with E-state index in [-0.39, 0.29) is 0 Å². The van der Waals surface area contributed by atoms with Gasteiger partial charge in [0, 0.05) is 17.2 Å². The smallest absolute Gasteiger partial charge is 0.158 e. The van der Waals surface area contributed by atoms with E-state index in [1.54, 1.807) is 6.20 Å². The molecular weight excluding hydrogens is 242 g/mol. The van der Waals surface area contributed by atoms with E-state index in [2.05, 4.69) is 32.9 Å². The lowest BCUT2D eigenvalue weighted by Gasteiger charge is -2.00. The first-order valence-corrected chi connectivity index (χ1v) is 5.58. The van der Waals surface area contributed by atoms with E-state index in [9.17, 15) is 0 Å². The van der Waals surface area contributed by atoms with E-state index >= 15 is 0 Å². The molecule has 2 rings (SSSR count). The summed E-state index contributed by atoms with van der Waals surface area (Å²) >= 11 is 3.49. The third-order valence-corrected chi connectivity index (χ3v) is 2.90. The molecule has 0 aliphatic heterocycles. The molecule has 4 heteroatoms. The highest BCUT2D eigenvalue weighted by molar-refractivity contribution is 9.10. The topological polar surface area (TPSA) is 30.7 Å². The Hall–Kier alpha value is -0.900. The van der Waals surface area contributed by atoms with Gasteiger partial charge in [0.2, 0.25) is 0 Å². The molecule has 0 aliphatic carbocycles. The van der Waals surface area contributed by atoms with Crippen LogP contribution in [-0.2, 0) is 6.54 Å². The van der Waals surface area contributed by atoms with Crippen LogP contribution in [0.1, 0.15) is 19.8 Å². The molecule has 2 aromatic rings. The van der Waals surface area contributed by atoms with Crippen LogP contribution in [0.15, 0.2) is 22.9 Å². The highest BCUT2D eigenvalue weighted by Gasteiger charge is 2.05. The SMILES string of the molecule is CCCCn1ncc2c(Br)ccnc21. The van der Waals surface area contributed by atoms with Crippen molar-refractivity contribution in [3.8, 4) is 0 Å². The fraction of sp³-hybridized carbons (Fsp3) is 0.400. The summed E-state index contributed by atoms with van der Waals surface area (Å²) in [5.74, 6) is 0. The minimum atomic E-state index is 0.948. The fourth-order valence-electron chi connectivity index (χ4n) is 1.42. The largest absolute Gasteiger partial charge is 0.247 e. The molecule has 0 fully saturated rings. The predicted octanol–water partition coefficient (Wildman–Crippen LogP) is 2.99. The van der Waals surface area contributed by atoms with Crippen molar-refractivity contribution in [3.63, 3.8) is 0 Å². The Balaban J connectivity index is 2.42. The summed E-state index contributed by atoms with van der Waals surface area (Å²) in [4.78, 5) is 4.33. The normalized spacial score (nSPS) is 11.0. The molecule has 0 amide bonds. The number of rotatable bonds is 3. The van der Waals surface area contributed by atoms with Gasteiger partial charge in [0.05, 0.1) is 11.6 Å². The van der Waals surface area contributed by atoms with Gasteiger partial charge in [-0.2, -0.15) is 5.10 Å². The standard InChI is InChI=1S/C10H12BrN3/c1-2-3-6-14-10-8(7-13-14)9(11)4-5-12-10/h4-5,7H,2-3,6H2,1H3. The molecule has 0 aromatic carbocycles. The third kappa shape index (κ3) is 1.66. The van der Waals surface area contributed by atoms with E-state index in [1.807, 2.05) is 16.9 Å². The maximum atomic E-state index is 4.33.